The SMILES string of the molecule is CCNC(=O)CCNC1=NCCCS1. The van der Waals surface area contributed by atoms with Crippen molar-refractivity contribution in [1.82, 2.24) is 10.6 Å². The van der Waals surface area contributed by atoms with Crippen LogP contribution in [0.1, 0.15) is 19.8 Å². The topological polar surface area (TPSA) is 53.5 Å². The summed E-state index contributed by atoms with van der Waals surface area (Å²) in [6.07, 6.45) is 1.68. The van der Waals surface area contributed by atoms with E-state index in [0.29, 0.717) is 19.5 Å². The third kappa shape index (κ3) is 4.50. The molecule has 0 bridgehead atoms. The standard InChI is InChI=1S/C9H17N3OS/c1-2-10-8(13)4-6-12-9-11-5-3-7-14-9/h2-7H2,1H3,(H,10,13)(H,11,12). The van der Waals surface area contributed by atoms with Crippen LogP contribution in [-0.4, -0.2) is 36.5 Å². The fourth-order valence-electron chi connectivity index (χ4n) is 1.14. The van der Waals surface area contributed by atoms with Crippen LogP contribution < -0.4 is 10.6 Å². The van der Waals surface area contributed by atoms with Crippen LogP contribution in [0.4, 0.5) is 0 Å². The number of amides is 1. The number of aliphatic imine (C=N–C) groups is 1. The zero-order chi connectivity index (χ0) is 10.2. The Kier molecular flexibility index (Phi) is 5.44. The zero-order valence-electron chi connectivity index (χ0n) is 8.51. The Hall–Kier alpha value is -0.710. The van der Waals surface area contributed by atoms with E-state index in [9.17, 15) is 4.79 Å². The van der Waals surface area contributed by atoms with Crippen molar-refractivity contribution in [3.8, 4) is 0 Å². The monoisotopic (exact) mass is 215 g/mol. The highest BCUT2D eigenvalue weighted by atomic mass is 32.2. The molecular formula is C9H17N3OS. The number of carbonyl (C=O) groups excluding carboxylic acids is 1. The van der Waals surface area contributed by atoms with Gasteiger partial charge in [0.05, 0.1) is 0 Å². The normalized spacial score (nSPS) is 15.9. The van der Waals surface area contributed by atoms with Crippen molar-refractivity contribution < 1.29 is 4.79 Å². The van der Waals surface area contributed by atoms with Gasteiger partial charge in [-0.25, -0.2) is 0 Å². The molecule has 1 aliphatic rings. The van der Waals surface area contributed by atoms with Crippen molar-refractivity contribution in [2.45, 2.75) is 19.8 Å². The molecule has 0 aromatic carbocycles. The lowest BCUT2D eigenvalue weighted by Gasteiger charge is -2.12. The van der Waals surface area contributed by atoms with Crippen LogP contribution in [-0.2, 0) is 4.79 Å². The largest absolute Gasteiger partial charge is 0.364 e. The Balaban J connectivity index is 2.08. The van der Waals surface area contributed by atoms with E-state index in [1.807, 2.05) is 6.92 Å². The number of rotatable bonds is 4. The van der Waals surface area contributed by atoms with E-state index in [1.54, 1.807) is 11.8 Å². The first-order chi connectivity index (χ1) is 6.83. The van der Waals surface area contributed by atoms with E-state index in [-0.39, 0.29) is 5.91 Å². The molecule has 1 aliphatic heterocycles. The van der Waals surface area contributed by atoms with Gasteiger partial charge in [-0.15, -0.1) is 0 Å². The number of hydrogen-bond donors (Lipinski definition) is 2. The van der Waals surface area contributed by atoms with Crippen molar-refractivity contribution in [3.05, 3.63) is 0 Å². The average Bonchev–Trinajstić information content (AvgIpc) is 2.20. The van der Waals surface area contributed by atoms with Gasteiger partial charge in [0.25, 0.3) is 0 Å². The van der Waals surface area contributed by atoms with Gasteiger partial charge in [-0.1, -0.05) is 11.8 Å². The van der Waals surface area contributed by atoms with Crippen molar-refractivity contribution >= 4 is 22.8 Å². The lowest BCUT2D eigenvalue weighted by molar-refractivity contribution is -0.120. The Morgan fingerprint density at radius 2 is 2.50 bits per heavy atom. The van der Waals surface area contributed by atoms with E-state index >= 15 is 0 Å². The minimum absolute atomic E-state index is 0.0985. The molecule has 2 N–H and O–H groups in total. The average molecular weight is 215 g/mol. The number of carbonyl (C=O) groups is 1. The molecule has 0 saturated heterocycles. The summed E-state index contributed by atoms with van der Waals surface area (Å²) in [6, 6.07) is 0. The second kappa shape index (κ2) is 6.70. The predicted molar refractivity (Wildman–Crippen MR) is 60.7 cm³/mol. The first kappa shape index (κ1) is 11.4. The molecule has 0 unspecified atom stereocenters. The van der Waals surface area contributed by atoms with E-state index in [4.69, 9.17) is 0 Å². The molecular weight excluding hydrogens is 198 g/mol. The van der Waals surface area contributed by atoms with Gasteiger partial charge in [0.2, 0.25) is 5.91 Å². The minimum Gasteiger partial charge on any atom is -0.364 e. The maximum atomic E-state index is 11.1. The quantitative estimate of drug-likeness (QED) is 0.722. The first-order valence-electron chi connectivity index (χ1n) is 5.00. The summed E-state index contributed by atoms with van der Waals surface area (Å²) < 4.78 is 0. The van der Waals surface area contributed by atoms with Crippen LogP contribution in [0.15, 0.2) is 4.99 Å². The predicted octanol–water partition coefficient (Wildman–Crippen LogP) is 0.595. The molecule has 1 heterocycles. The van der Waals surface area contributed by atoms with Crippen LogP contribution in [0, 0.1) is 0 Å². The molecule has 0 aliphatic carbocycles. The van der Waals surface area contributed by atoms with E-state index in [0.717, 1.165) is 23.9 Å². The van der Waals surface area contributed by atoms with E-state index in [2.05, 4.69) is 15.6 Å². The Morgan fingerprint density at radius 1 is 1.64 bits per heavy atom. The summed E-state index contributed by atoms with van der Waals surface area (Å²) in [5, 5.41) is 6.91. The lowest BCUT2D eigenvalue weighted by atomic mass is 10.4. The summed E-state index contributed by atoms with van der Waals surface area (Å²) >= 11 is 1.74. The second-order valence-electron chi connectivity index (χ2n) is 3.02. The number of nitrogens with zero attached hydrogens (tertiary/aromatic N) is 1. The molecule has 0 spiro atoms. The van der Waals surface area contributed by atoms with Crippen molar-refractivity contribution in [2.75, 3.05) is 25.4 Å². The number of amidine groups is 1. The highest BCUT2D eigenvalue weighted by Gasteiger charge is 2.05. The van der Waals surface area contributed by atoms with Gasteiger partial charge in [-0.05, 0) is 13.3 Å². The molecule has 0 radical (unpaired) electrons. The number of nitrogens with one attached hydrogen (secondary N) is 2. The van der Waals surface area contributed by atoms with Crippen LogP contribution in [0.3, 0.4) is 0 Å². The molecule has 1 amide bonds. The molecule has 0 saturated carbocycles. The molecule has 0 atom stereocenters. The summed E-state index contributed by atoms with van der Waals surface area (Å²) in [7, 11) is 0. The Bertz CT molecular complexity index is 218. The Labute approximate surface area is 88.9 Å². The molecule has 4 nitrogen and oxygen atoms in total. The molecule has 0 fully saturated rings. The van der Waals surface area contributed by atoms with Crippen LogP contribution in [0.25, 0.3) is 0 Å². The summed E-state index contributed by atoms with van der Waals surface area (Å²) in [4.78, 5) is 15.4. The number of hydrogen-bond acceptors (Lipinski definition) is 4. The second-order valence-corrected chi connectivity index (χ2v) is 4.10. The summed E-state index contributed by atoms with van der Waals surface area (Å²) in [5.74, 6) is 1.23. The highest BCUT2D eigenvalue weighted by Crippen LogP contribution is 2.09. The molecule has 0 aromatic heterocycles. The first-order valence-corrected chi connectivity index (χ1v) is 5.99. The molecule has 1 rings (SSSR count). The third-order valence-electron chi connectivity index (χ3n) is 1.80. The fourth-order valence-corrected chi connectivity index (χ4v) is 1.99. The van der Waals surface area contributed by atoms with Gasteiger partial charge in [0.1, 0.15) is 0 Å². The molecule has 5 heteroatoms. The lowest BCUT2D eigenvalue weighted by Crippen LogP contribution is -2.30. The number of thioether (sulfide) groups is 1. The molecule has 14 heavy (non-hydrogen) atoms. The zero-order valence-corrected chi connectivity index (χ0v) is 9.32. The van der Waals surface area contributed by atoms with Gasteiger partial charge in [0, 0.05) is 31.8 Å². The highest BCUT2D eigenvalue weighted by molar-refractivity contribution is 8.13. The van der Waals surface area contributed by atoms with E-state index < -0.39 is 0 Å². The summed E-state index contributed by atoms with van der Waals surface area (Å²) in [6.45, 7) is 4.22. The maximum Gasteiger partial charge on any atom is 0.221 e. The summed E-state index contributed by atoms with van der Waals surface area (Å²) in [5.41, 5.74) is 0. The van der Waals surface area contributed by atoms with Crippen LogP contribution in [0.5, 0.6) is 0 Å². The van der Waals surface area contributed by atoms with Gasteiger partial charge >= 0.3 is 0 Å². The van der Waals surface area contributed by atoms with Crippen molar-refractivity contribution in [1.29, 1.82) is 0 Å². The van der Waals surface area contributed by atoms with Gasteiger partial charge in [-0.2, -0.15) is 0 Å². The van der Waals surface area contributed by atoms with Crippen molar-refractivity contribution in [2.24, 2.45) is 4.99 Å². The fraction of sp³-hybridized carbons (Fsp3) is 0.778. The van der Waals surface area contributed by atoms with E-state index in [1.165, 1.54) is 0 Å². The van der Waals surface area contributed by atoms with Gasteiger partial charge in [0.15, 0.2) is 5.17 Å². The van der Waals surface area contributed by atoms with Crippen LogP contribution >= 0.6 is 11.8 Å². The molecule has 80 valence electrons. The van der Waals surface area contributed by atoms with Gasteiger partial charge < -0.3 is 10.6 Å². The minimum atomic E-state index is 0.0985. The smallest absolute Gasteiger partial charge is 0.221 e. The van der Waals surface area contributed by atoms with Gasteiger partial charge in [-0.3, -0.25) is 9.79 Å². The maximum absolute atomic E-state index is 11.1. The van der Waals surface area contributed by atoms with Crippen LogP contribution in [0.2, 0.25) is 0 Å². The van der Waals surface area contributed by atoms with Crippen molar-refractivity contribution in [3.63, 3.8) is 0 Å². The third-order valence-corrected chi connectivity index (χ3v) is 2.84. The Morgan fingerprint density at radius 3 is 3.14 bits per heavy atom. The molecule has 0 aromatic rings.